The van der Waals surface area contributed by atoms with Crippen LogP contribution in [0.1, 0.15) is 6.92 Å². The number of rotatable bonds is 5. The Balaban J connectivity index is 1.57. The lowest BCUT2D eigenvalue weighted by Gasteiger charge is -2.38. The number of carbonyl (C=O) groups is 1. The zero-order valence-electron chi connectivity index (χ0n) is 15.1. The number of hydrogen-bond donors (Lipinski definition) is 1. The van der Waals surface area contributed by atoms with Gasteiger partial charge in [-0.05, 0) is 31.2 Å². The van der Waals surface area contributed by atoms with E-state index in [1.807, 2.05) is 25.1 Å². The lowest BCUT2D eigenvalue weighted by atomic mass is 10.2. The fraction of sp³-hybridized carbons (Fsp3) is 0.350. The molecule has 1 aliphatic heterocycles. The van der Waals surface area contributed by atoms with Gasteiger partial charge in [-0.15, -0.1) is 0 Å². The van der Waals surface area contributed by atoms with Gasteiger partial charge in [0.25, 0.3) is 0 Å². The van der Waals surface area contributed by atoms with E-state index >= 15 is 0 Å². The first-order valence-corrected chi connectivity index (χ1v) is 8.77. The number of para-hydroxylation sites is 1. The van der Waals surface area contributed by atoms with Gasteiger partial charge in [0.1, 0.15) is 11.6 Å². The normalized spacial score (nSPS) is 16.2. The van der Waals surface area contributed by atoms with E-state index in [0.717, 1.165) is 37.6 Å². The Bertz CT molecular complexity index is 760. The predicted molar refractivity (Wildman–Crippen MR) is 101 cm³/mol. The van der Waals surface area contributed by atoms with Gasteiger partial charge in [0, 0.05) is 37.9 Å². The third kappa shape index (κ3) is 4.14. The molecule has 0 aliphatic carbocycles. The zero-order chi connectivity index (χ0) is 18.5. The van der Waals surface area contributed by atoms with Crippen LogP contribution < -0.4 is 15.0 Å². The van der Waals surface area contributed by atoms with E-state index in [9.17, 15) is 9.18 Å². The molecule has 1 saturated heterocycles. The van der Waals surface area contributed by atoms with E-state index in [1.165, 1.54) is 6.07 Å². The Kier molecular flexibility index (Phi) is 5.73. The summed E-state index contributed by atoms with van der Waals surface area (Å²) in [4.78, 5) is 16.8. The number of benzene rings is 2. The maximum Gasteiger partial charge on any atom is 0.241 e. The number of amides is 1. The molecule has 1 unspecified atom stereocenters. The molecule has 2 aromatic carbocycles. The first-order chi connectivity index (χ1) is 12.6. The number of piperazine rings is 1. The minimum Gasteiger partial charge on any atom is -0.497 e. The van der Waals surface area contributed by atoms with Crippen LogP contribution in [0.5, 0.6) is 5.75 Å². The van der Waals surface area contributed by atoms with Crippen LogP contribution in [0.2, 0.25) is 0 Å². The molecule has 5 nitrogen and oxygen atoms in total. The molecule has 2 aromatic rings. The van der Waals surface area contributed by atoms with Gasteiger partial charge in [-0.2, -0.15) is 0 Å². The van der Waals surface area contributed by atoms with Gasteiger partial charge in [0.15, 0.2) is 0 Å². The Hall–Kier alpha value is -2.60. The summed E-state index contributed by atoms with van der Waals surface area (Å²) in [5.74, 6) is 0.225. The van der Waals surface area contributed by atoms with Crippen molar-refractivity contribution in [3.63, 3.8) is 0 Å². The van der Waals surface area contributed by atoms with E-state index in [2.05, 4.69) is 21.2 Å². The number of ether oxygens (including phenoxy) is 1. The fourth-order valence-corrected chi connectivity index (χ4v) is 3.14. The minimum atomic E-state index is -0.420. The van der Waals surface area contributed by atoms with Crippen molar-refractivity contribution in [2.24, 2.45) is 0 Å². The summed E-state index contributed by atoms with van der Waals surface area (Å²) < 4.78 is 19.0. The molecule has 0 radical (unpaired) electrons. The summed E-state index contributed by atoms with van der Waals surface area (Å²) in [5, 5.41) is 2.68. The Morgan fingerprint density at radius 1 is 1.12 bits per heavy atom. The molecule has 0 saturated carbocycles. The molecule has 138 valence electrons. The van der Waals surface area contributed by atoms with Crippen LogP contribution in [-0.4, -0.2) is 50.1 Å². The summed E-state index contributed by atoms with van der Waals surface area (Å²) in [6, 6.07) is 13.9. The highest BCUT2D eigenvalue weighted by Gasteiger charge is 2.26. The van der Waals surface area contributed by atoms with E-state index in [1.54, 1.807) is 25.3 Å². The smallest absolute Gasteiger partial charge is 0.241 e. The Morgan fingerprint density at radius 2 is 1.85 bits per heavy atom. The molecule has 0 spiro atoms. The molecule has 1 heterocycles. The van der Waals surface area contributed by atoms with Gasteiger partial charge in [-0.3, -0.25) is 9.69 Å². The minimum absolute atomic E-state index is 0.190. The number of halogens is 1. The molecule has 1 amide bonds. The molecular formula is C20H24FN3O2. The van der Waals surface area contributed by atoms with Crippen molar-refractivity contribution >= 4 is 17.3 Å². The number of methoxy groups -OCH3 is 1. The van der Waals surface area contributed by atoms with Crippen molar-refractivity contribution in [1.82, 2.24) is 4.90 Å². The Labute approximate surface area is 153 Å². The van der Waals surface area contributed by atoms with Crippen LogP contribution in [-0.2, 0) is 4.79 Å². The van der Waals surface area contributed by atoms with Crippen molar-refractivity contribution in [3.8, 4) is 5.75 Å². The van der Waals surface area contributed by atoms with Gasteiger partial charge < -0.3 is 15.0 Å². The second kappa shape index (κ2) is 8.19. The molecule has 6 heteroatoms. The zero-order valence-corrected chi connectivity index (χ0v) is 15.1. The number of anilines is 2. The lowest BCUT2D eigenvalue weighted by molar-refractivity contribution is -0.120. The monoisotopic (exact) mass is 357 g/mol. The summed E-state index contributed by atoms with van der Waals surface area (Å²) in [5.41, 5.74) is 1.34. The molecule has 1 fully saturated rings. The summed E-state index contributed by atoms with van der Waals surface area (Å²) in [6.45, 7) is 5.04. The Morgan fingerprint density at radius 3 is 2.54 bits per heavy atom. The van der Waals surface area contributed by atoms with Crippen LogP contribution in [0.25, 0.3) is 0 Å². The molecule has 1 N–H and O–H groups in total. The van der Waals surface area contributed by atoms with E-state index in [-0.39, 0.29) is 17.6 Å². The van der Waals surface area contributed by atoms with Crippen molar-refractivity contribution in [3.05, 3.63) is 54.3 Å². The third-order valence-electron chi connectivity index (χ3n) is 4.79. The van der Waals surface area contributed by atoms with Crippen molar-refractivity contribution in [2.75, 3.05) is 43.5 Å². The average molecular weight is 357 g/mol. The van der Waals surface area contributed by atoms with Crippen LogP contribution in [0.15, 0.2) is 48.5 Å². The van der Waals surface area contributed by atoms with E-state index in [0.29, 0.717) is 0 Å². The molecule has 0 aromatic heterocycles. The fourth-order valence-electron chi connectivity index (χ4n) is 3.14. The second-order valence-corrected chi connectivity index (χ2v) is 6.37. The molecule has 0 bridgehead atoms. The molecule has 1 aliphatic rings. The topological polar surface area (TPSA) is 44.8 Å². The van der Waals surface area contributed by atoms with Gasteiger partial charge in [0.2, 0.25) is 5.91 Å². The highest BCUT2D eigenvalue weighted by molar-refractivity contribution is 5.94. The molecular weight excluding hydrogens is 333 g/mol. The highest BCUT2D eigenvalue weighted by atomic mass is 19.1. The maximum atomic E-state index is 13.7. The van der Waals surface area contributed by atoms with E-state index in [4.69, 9.17) is 4.74 Å². The highest BCUT2D eigenvalue weighted by Crippen LogP contribution is 2.22. The van der Waals surface area contributed by atoms with Crippen LogP contribution >= 0.6 is 0 Å². The number of nitrogens with zero attached hydrogens (tertiary/aromatic N) is 2. The quantitative estimate of drug-likeness (QED) is 0.894. The van der Waals surface area contributed by atoms with Gasteiger partial charge in [0.05, 0.1) is 18.8 Å². The maximum absolute atomic E-state index is 13.7. The lowest BCUT2D eigenvalue weighted by Crippen LogP contribution is -2.52. The average Bonchev–Trinajstić information content (AvgIpc) is 2.69. The van der Waals surface area contributed by atoms with Crippen LogP contribution in [0, 0.1) is 5.82 Å². The van der Waals surface area contributed by atoms with E-state index < -0.39 is 5.82 Å². The van der Waals surface area contributed by atoms with Gasteiger partial charge in [-0.1, -0.05) is 18.2 Å². The van der Waals surface area contributed by atoms with Gasteiger partial charge in [-0.25, -0.2) is 4.39 Å². The summed E-state index contributed by atoms with van der Waals surface area (Å²) in [6.07, 6.45) is 0. The number of hydrogen-bond acceptors (Lipinski definition) is 4. The first kappa shape index (κ1) is 18.2. The van der Waals surface area contributed by atoms with Crippen molar-refractivity contribution in [1.29, 1.82) is 0 Å². The van der Waals surface area contributed by atoms with Crippen molar-refractivity contribution < 1.29 is 13.9 Å². The SMILES string of the molecule is COc1cccc(N2CCN(C(C)C(=O)Nc3ccccc3F)CC2)c1. The number of carbonyl (C=O) groups excluding carboxylic acids is 1. The van der Waals surface area contributed by atoms with Crippen LogP contribution in [0.4, 0.5) is 15.8 Å². The largest absolute Gasteiger partial charge is 0.497 e. The summed E-state index contributed by atoms with van der Waals surface area (Å²) >= 11 is 0. The predicted octanol–water partition coefficient (Wildman–Crippen LogP) is 2.98. The molecule has 1 atom stereocenters. The molecule has 26 heavy (non-hydrogen) atoms. The standard InChI is InChI=1S/C20H24FN3O2/c1-15(20(25)22-19-9-4-3-8-18(19)21)23-10-12-24(13-11-23)16-6-5-7-17(14-16)26-2/h3-9,14-15H,10-13H2,1-2H3,(H,22,25). The van der Waals surface area contributed by atoms with Gasteiger partial charge >= 0.3 is 0 Å². The third-order valence-corrected chi connectivity index (χ3v) is 4.79. The number of nitrogens with one attached hydrogen (secondary N) is 1. The first-order valence-electron chi connectivity index (χ1n) is 8.77. The van der Waals surface area contributed by atoms with Crippen molar-refractivity contribution in [2.45, 2.75) is 13.0 Å². The molecule has 3 rings (SSSR count). The summed E-state index contributed by atoms with van der Waals surface area (Å²) in [7, 11) is 1.66. The second-order valence-electron chi connectivity index (χ2n) is 6.37. The van der Waals surface area contributed by atoms with Crippen LogP contribution in [0.3, 0.4) is 0 Å².